The minimum Gasteiger partial charge on any atom is -0.481 e. The van der Waals surface area contributed by atoms with Crippen LogP contribution in [0.1, 0.15) is 24.5 Å². The first-order chi connectivity index (χ1) is 10.1. The van der Waals surface area contributed by atoms with Gasteiger partial charge in [-0.1, -0.05) is 30.7 Å². The summed E-state index contributed by atoms with van der Waals surface area (Å²) in [7, 11) is 0. The number of rotatable bonds is 5. The number of carbonyl (C=O) groups is 1. The van der Waals surface area contributed by atoms with Gasteiger partial charge in [-0.15, -0.1) is 0 Å². The molecule has 1 aromatic heterocycles. The molecular weight excluding hydrogens is 264 g/mol. The molecule has 21 heavy (non-hydrogen) atoms. The van der Waals surface area contributed by atoms with E-state index in [9.17, 15) is 4.79 Å². The number of ether oxygens (including phenoxy) is 1. The van der Waals surface area contributed by atoms with Crippen molar-refractivity contribution in [3.63, 3.8) is 0 Å². The molecule has 0 saturated heterocycles. The van der Waals surface area contributed by atoms with Crippen molar-refractivity contribution in [1.82, 2.24) is 4.98 Å². The predicted octanol–water partition coefficient (Wildman–Crippen LogP) is 3.49. The van der Waals surface area contributed by atoms with Crippen molar-refractivity contribution in [3.05, 3.63) is 53.7 Å². The molecule has 1 N–H and O–H groups in total. The molecule has 4 heteroatoms. The summed E-state index contributed by atoms with van der Waals surface area (Å²) in [6, 6.07) is 11.4. The normalized spacial score (nSPS) is 11.8. The topological polar surface area (TPSA) is 51.2 Å². The minimum absolute atomic E-state index is 0.181. The Bertz CT molecular complexity index is 608. The molecule has 2 aromatic rings. The summed E-state index contributed by atoms with van der Waals surface area (Å²) in [5, 5.41) is 2.82. The molecule has 0 spiro atoms. The Kier molecular flexibility index (Phi) is 4.93. The number of carbonyl (C=O) groups excluding carboxylic acids is 1. The smallest absolute Gasteiger partial charge is 0.266 e. The number of hydrogen-bond donors (Lipinski definition) is 1. The zero-order valence-electron chi connectivity index (χ0n) is 12.6. The third-order valence-corrected chi connectivity index (χ3v) is 3.21. The highest BCUT2D eigenvalue weighted by Crippen LogP contribution is 2.16. The van der Waals surface area contributed by atoms with Gasteiger partial charge in [-0.3, -0.25) is 4.79 Å². The van der Waals surface area contributed by atoms with Crippen LogP contribution in [-0.2, 0) is 4.79 Å². The largest absolute Gasteiger partial charge is 0.481 e. The summed E-state index contributed by atoms with van der Waals surface area (Å²) in [4.78, 5) is 16.5. The van der Waals surface area contributed by atoms with E-state index >= 15 is 0 Å². The molecule has 1 heterocycles. The maximum absolute atomic E-state index is 12.3. The van der Waals surface area contributed by atoms with E-state index in [0.29, 0.717) is 18.0 Å². The SMILES string of the molecule is CC[C@H](Oc1ccc(C)cc1)C(=O)Nc1ncccc1C. The highest BCUT2D eigenvalue weighted by atomic mass is 16.5. The number of nitrogens with one attached hydrogen (secondary N) is 1. The van der Waals surface area contributed by atoms with Crippen molar-refractivity contribution in [3.8, 4) is 5.75 Å². The number of pyridine rings is 1. The van der Waals surface area contributed by atoms with Crippen molar-refractivity contribution in [2.24, 2.45) is 0 Å². The number of aromatic nitrogens is 1. The van der Waals surface area contributed by atoms with Crippen LogP contribution in [0.25, 0.3) is 0 Å². The van der Waals surface area contributed by atoms with Crippen molar-refractivity contribution in [2.75, 3.05) is 5.32 Å². The first-order valence-corrected chi connectivity index (χ1v) is 7.06. The standard InChI is InChI=1S/C17H20N2O2/c1-4-15(21-14-9-7-12(2)8-10-14)17(20)19-16-13(3)6-5-11-18-16/h5-11,15H,4H2,1-3H3,(H,18,19,20)/t15-/m0/s1. The lowest BCUT2D eigenvalue weighted by Gasteiger charge is -2.17. The maximum Gasteiger partial charge on any atom is 0.266 e. The van der Waals surface area contributed by atoms with Gasteiger partial charge in [0.1, 0.15) is 11.6 Å². The second kappa shape index (κ2) is 6.88. The molecule has 0 bridgehead atoms. The fourth-order valence-electron chi connectivity index (χ4n) is 1.92. The van der Waals surface area contributed by atoms with Crippen LogP contribution in [0.2, 0.25) is 0 Å². The van der Waals surface area contributed by atoms with Crippen molar-refractivity contribution in [1.29, 1.82) is 0 Å². The van der Waals surface area contributed by atoms with E-state index in [2.05, 4.69) is 10.3 Å². The molecule has 0 aliphatic carbocycles. The van der Waals surface area contributed by atoms with Crippen LogP contribution >= 0.6 is 0 Å². The van der Waals surface area contributed by atoms with Gasteiger partial charge in [-0.05, 0) is 44.0 Å². The number of amides is 1. The van der Waals surface area contributed by atoms with Crippen molar-refractivity contribution < 1.29 is 9.53 Å². The van der Waals surface area contributed by atoms with Gasteiger partial charge < -0.3 is 10.1 Å². The first-order valence-electron chi connectivity index (χ1n) is 7.06. The Morgan fingerprint density at radius 2 is 1.95 bits per heavy atom. The fourth-order valence-corrected chi connectivity index (χ4v) is 1.92. The average Bonchev–Trinajstić information content (AvgIpc) is 2.49. The summed E-state index contributed by atoms with van der Waals surface area (Å²) in [5.74, 6) is 1.09. The molecule has 1 aromatic carbocycles. The van der Waals surface area contributed by atoms with E-state index in [4.69, 9.17) is 4.74 Å². The van der Waals surface area contributed by atoms with Crippen molar-refractivity contribution >= 4 is 11.7 Å². The summed E-state index contributed by atoms with van der Waals surface area (Å²) in [5.41, 5.74) is 2.08. The fraction of sp³-hybridized carbons (Fsp3) is 0.294. The first kappa shape index (κ1) is 15.0. The van der Waals surface area contributed by atoms with E-state index in [-0.39, 0.29) is 5.91 Å². The van der Waals surface area contributed by atoms with Crippen LogP contribution in [0.4, 0.5) is 5.82 Å². The Morgan fingerprint density at radius 3 is 2.57 bits per heavy atom. The van der Waals surface area contributed by atoms with E-state index < -0.39 is 6.10 Å². The summed E-state index contributed by atoms with van der Waals surface area (Å²) < 4.78 is 5.75. The number of nitrogens with zero attached hydrogens (tertiary/aromatic N) is 1. The molecule has 0 unspecified atom stereocenters. The molecule has 1 amide bonds. The average molecular weight is 284 g/mol. The quantitative estimate of drug-likeness (QED) is 0.914. The Hall–Kier alpha value is -2.36. The molecule has 0 radical (unpaired) electrons. The van der Waals surface area contributed by atoms with Gasteiger partial charge in [0.2, 0.25) is 0 Å². The van der Waals surface area contributed by atoms with Crippen LogP contribution in [0.15, 0.2) is 42.6 Å². The molecule has 110 valence electrons. The van der Waals surface area contributed by atoms with Crippen LogP contribution < -0.4 is 10.1 Å². The zero-order chi connectivity index (χ0) is 15.2. The molecule has 0 aliphatic heterocycles. The molecule has 0 saturated carbocycles. The molecule has 1 atom stereocenters. The van der Waals surface area contributed by atoms with E-state index in [1.54, 1.807) is 6.20 Å². The highest BCUT2D eigenvalue weighted by Gasteiger charge is 2.19. The number of aryl methyl sites for hydroxylation is 2. The van der Waals surface area contributed by atoms with Gasteiger partial charge in [0.15, 0.2) is 6.10 Å². The van der Waals surface area contributed by atoms with Gasteiger partial charge >= 0.3 is 0 Å². The lowest BCUT2D eigenvalue weighted by Crippen LogP contribution is -2.32. The van der Waals surface area contributed by atoms with E-state index in [1.165, 1.54) is 0 Å². The highest BCUT2D eigenvalue weighted by molar-refractivity contribution is 5.94. The van der Waals surface area contributed by atoms with Crippen LogP contribution in [-0.4, -0.2) is 17.0 Å². The number of anilines is 1. The third kappa shape index (κ3) is 4.05. The second-order valence-electron chi connectivity index (χ2n) is 4.99. The Balaban J connectivity index is 2.05. The van der Waals surface area contributed by atoms with Crippen LogP contribution in [0.3, 0.4) is 0 Å². The van der Waals surface area contributed by atoms with Crippen LogP contribution in [0.5, 0.6) is 5.75 Å². The summed E-state index contributed by atoms with van der Waals surface area (Å²) in [6.07, 6.45) is 1.71. The van der Waals surface area contributed by atoms with E-state index in [1.807, 2.05) is 57.2 Å². The minimum atomic E-state index is -0.533. The number of benzene rings is 1. The van der Waals surface area contributed by atoms with Gasteiger partial charge in [0, 0.05) is 6.20 Å². The van der Waals surface area contributed by atoms with Gasteiger partial charge in [-0.25, -0.2) is 4.98 Å². The summed E-state index contributed by atoms with van der Waals surface area (Å²) in [6.45, 7) is 5.84. The molecule has 2 rings (SSSR count). The zero-order valence-corrected chi connectivity index (χ0v) is 12.6. The second-order valence-corrected chi connectivity index (χ2v) is 4.99. The molecule has 4 nitrogen and oxygen atoms in total. The monoisotopic (exact) mass is 284 g/mol. The van der Waals surface area contributed by atoms with Crippen molar-refractivity contribution in [2.45, 2.75) is 33.3 Å². The van der Waals surface area contributed by atoms with Gasteiger partial charge in [-0.2, -0.15) is 0 Å². The van der Waals surface area contributed by atoms with Gasteiger partial charge in [0.25, 0.3) is 5.91 Å². The lowest BCUT2D eigenvalue weighted by molar-refractivity contribution is -0.122. The Labute approximate surface area is 125 Å². The third-order valence-electron chi connectivity index (χ3n) is 3.21. The Morgan fingerprint density at radius 1 is 1.24 bits per heavy atom. The molecule has 0 fully saturated rings. The molecule has 0 aliphatic rings. The summed E-state index contributed by atoms with van der Waals surface area (Å²) >= 11 is 0. The van der Waals surface area contributed by atoms with Crippen LogP contribution in [0, 0.1) is 13.8 Å². The number of hydrogen-bond acceptors (Lipinski definition) is 3. The molecular formula is C17H20N2O2. The lowest BCUT2D eigenvalue weighted by atomic mass is 10.2. The van der Waals surface area contributed by atoms with E-state index in [0.717, 1.165) is 11.1 Å². The van der Waals surface area contributed by atoms with Gasteiger partial charge in [0.05, 0.1) is 0 Å². The maximum atomic E-state index is 12.3. The predicted molar refractivity (Wildman–Crippen MR) is 83.5 cm³/mol.